The van der Waals surface area contributed by atoms with Gasteiger partial charge in [-0.05, 0) is 5.56 Å². The molecule has 2 rings (SSSR count). The summed E-state index contributed by atoms with van der Waals surface area (Å²) in [6.45, 7) is 0.268. The number of hydrogen-bond acceptors (Lipinski definition) is 4. The standard InChI is InChI=1S/C11H8F5N3O/c12-10(13,11(14,15)16)9-18-8(19-20-9)7-3-1-6(5-17)2-4-7/h1-4H,5,17H2. The predicted octanol–water partition coefficient (Wildman–Crippen LogP) is 2.85. The molecule has 0 aliphatic heterocycles. The van der Waals surface area contributed by atoms with Crippen molar-refractivity contribution in [1.82, 2.24) is 10.1 Å². The molecule has 4 nitrogen and oxygen atoms in total. The van der Waals surface area contributed by atoms with E-state index in [-0.39, 0.29) is 17.9 Å². The van der Waals surface area contributed by atoms with Crippen molar-refractivity contribution in [2.24, 2.45) is 5.73 Å². The molecule has 108 valence electrons. The molecule has 9 heteroatoms. The van der Waals surface area contributed by atoms with E-state index in [9.17, 15) is 22.0 Å². The lowest BCUT2D eigenvalue weighted by Crippen LogP contribution is -2.33. The molecule has 1 aromatic heterocycles. The van der Waals surface area contributed by atoms with Gasteiger partial charge in [0.25, 0.3) is 0 Å². The van der Waals surface area contributed by atoms with Gasteiger partial charge in [-0.1, -0.05) is 29.4 Å². The number of nitrogens with zero attached hydrogens (tertiary/aromatic N) is 2. The molecule has 0 unspecified atom stereocenters. The maximum atomic E-state index is 13.0. The summed E-state index contributed by atoms with van der Waals surface area (Å²) >= 11 is 0. The van der Waals surface area contributed by atoms with Gasteiger partial charge in [-0.15, -0.1) is 0 Å². The molecule has 0 saturated carbocycles. The first-order valence-electron chi connectivity index (χ1n) is 5.34. The summed E-state index contributed by atoms with van der Waals surface area (Å²) in [4.78, 5) is 3.10. The van der Waals surface area contributed by atoms with Gasteiger partial charge in [-0.3, -0.25) is 0 Å². The minimum absolute atomic E-state index is 0.246. The first kappa shape index (κ1) is 14.4. The monoisotopic (exact) mass is 293 g/mol. The first-order valence-corrected chi connectivity index (χ1v) is 5.34. The van der Waals surface area contributed by atoms with E-state index in [1.54, 1.807) is 12.1 Å². The van der Waals surface area contributed by atoms with Gasteiger partial charge in [0.2, 0.25) is 5.82 Å². The van der Waals surface area contributed by atoms with Crippen LogP contribution in [0.2, 0.25) is 0 Å². The minimum Gasteiger partial charge on any atom is -0.332 e. The van der Waals surface area contributed by atoms with Gasteiger partial charge >= 0.3 is 18.0 Å². The molecule has 0 aliphatic rings. The largest absolute Gasteiger partial charge is 0.463 e. The van der Waals surface area contributed by atoms with Crippen molar-refractivity contribution in [2.75, 3.05) is 0 Å². The number of hydrogen-bond donors (Lipinski definition) is 1. The van der Waals surface area contributed by atoms with E-state index < -0.39 is 18.0 Å². The minimum atomic E-state index is -5.79. The molecule has 1 aromatic carbocycles. The summed E-state index contributed by atoms with van der Waals surface area (Å²) in [7, 11) is 0. The third-order valence-corrected chi connectivity index (χ3v) is 2.50. The van der Waals surface area contributed by atoms with Crippen LogP contribution in [0.4, 0.5) is 22.0 Å². The lowest BCUT2D eigenvalue weighted by molar-refractivity contribution is -0.298. The summed E-state index contributed by atoms with van der Waals surface area (Å²) in [6.07, 6.45) is -5.79. The quantitative estimate of drug-likeness (QED) is 0.884. The Morgan fingerprint density at radius 2 is 1.65 bits per heavy atom. The van der Waals surface area contributed by atoms with Gasteiger partial charge in [-0.25, -0.2) is 0 Å². The van der Waals surface area contributed by atoms with Crippen LogP contribution in [0, 0.1) is 0 Å². The van der Waals surface area contributed by atoms with Crippen molar-refractivity contribution in [2.45, 2.75) is 18.6 Å². The van der Waals surface area contributed by atoms with Crippen molar-refractivity contribution in [3.05, 3.63) is 35.7 Å². The van der Waals surface area contributed by atoms with Crippen molar-refractivity contribution >= 4 is 0 Å². The lowest BCUT2D eigenvalue weighted by Gasteiger charge is -2.14. The zero-order valence-electron chi connectivity index (χ0n) is 9.79. The second-order valence-electron chi connectivity index (χ2n) is 3.90. The third kappa shape index (κ3) is 2.48. The molecule has 20 heavy (non-hydrogen) atoms. The Labute approximate surface area is 109 Å². The van der Waals surface area contributed by atoms with Gasteiger partial charge < -0.3 is 10.3 Å². The van der Waals surface area contributed by atoms with Crippen LogP contribution < -0.4 is 5.73 Å². The topological polar surface area (TPSA) is 64.9 Å². The fourth-order valence-corrected chi connectivity index (χ4v) is 1.38. The highest BCUT2D eigenvalue weighted by Gasteiger charge is 2.63. The van der Waals surface area contributed by atoms with Crippen LogP contribution in [0.15, 0.2) is 28.8 Å². The van der Waals surface area contributed by atoms with E-state index in [2.05, 4.69) is 14.7 Å². The summed E-state index contributed by atoms with van der Waals surface area (Å²) < 4.78 is 66.4. The molecule has 0 aliphatic carbocycles. The molecule has 0 bridgehead atoms. The normalized spacial score (nSPS) is 12.7. The van der Waals surface area contributed by atoms with Gasteiger partial charge in [-0.2, -0.15) is 26.9 Å². The summed E-state index contributed by atoms with van der Waals surface area (Å²) in [5, 5.41) is 3.12. The molecule has 0 saturated heterocycles. The van der Waals surface area contributed by atoms with E-state index in [1.165, 1.54) is 12.1 Å². The van der Waals surface area contributed by atoms with E-state index in [0.717, 1.165) is 5.56 Å². The smallest absolute Gasteiger partial charge is 0.332 e. The Kier molecular flexibility index (Phi) is 3.46. The predicted molar refractivity (Wildman–Crippen MR) is 57.6 cm³/mol. The maximum Gasteiger partial charge on any atom is 0.463 e. The number of alkyl halides is 5. The van der Waals surface area contributed by atoms with Gasteiger partial charge in [0.1, 0.15) is 0 Å². The molecule has 0 radical (unpaired) electrons. The van der Waals surface area contributed by atoms with Crippen LogP contribution in [0.3, 0.4) is 0 Å². The molecule has 1 heterocycles. The first-order chi connectivity index (χ1) is 9.25. The average molecular weight is 293 g/mol. The second kappa shape index (κ2) is 4.82. The van der Waals surface area contributed by atoms with Crippen molar-refractivity contribution in [3.8, 4) is 11.4 Å². The summed E-state index contributed by atoms with van der Waals surface area (Å²) in [5.74, 6) is -7.33. The Morgan fingerprint density at radius 3 is 2.15 bits per heavy atom. The molecule has 0 amide bonds. The van der Waals surface area contributed by atoms with Crippen LogP contribution in [0.5, 0.6) is 0 Å². The van der Waals surface area contributed by atoms with Crippen molar-refractivity contribution in [3.63, 3.8) is 0 Å². The lowest BCUT2D eigenvalue weighted by atomic mass is 10.1. The second-order valence-corrected chi connectivity index (χ2v) is 3.90. The molecular formula is C11H8F5N3O. The SMILES string of the molecule is NCc1ccc(-c2noc(C(F)(F)C(F)(F)F)n2)cc1. The number of benzene rings is 1. The van der Waals surface area contributed by atoms with E-state index in [4.69, 9.17) is 5.73 Å². The maximum absolute atomic E-state index is 13.0. The van der Waals surface area contributed by atoms with Crippen LogP contribution in [-0.2, 0) is 12.5 Å². The summed E-state index contributed by atoms with van der Waals surface area (Å²) in [6, 6.07) is 6.05. The highest BCUT2D eigenvalue weighted by Crippen LogP contribution is 2.43. The van der Waals surface area contributed by atoms with Crippen LogP contribution in [0.1, 0.15) is 11.5 Å². The van der Waals surface area contributed by atoms with Crippen LogP contribution in [0.25, 0.3) is 11.4 Å². The zero-order chi connectivity index (χ0) is 15.0. The van der Waals surface area contributed by atoms with Gasteiger partial charge in [0.15, 0.2) is 0 Å². The number of aromatic nitrogens is 2. The third-order valence-electron chi connectivity index (χ3n) is 2.50. The zero-order valence-corrected chi connectivity index (χ0v) is 9.79. The van der Waals surface area contributed by atoms with E-state index in [1.807, 2.05) is 0 Å². The molecular weight excluding hydrogens is 285 g/mol. The Hall–Kier alpha value is -2.03. The van der Waals surface area contributed by atoms with Gasteiger partial charge in [0, 0.05) is 12.1 Å². The fraction of sp³-hybridized carbons (Fsp3) is 0.273. The van der Waals surface area contributed by atoms with E-state index >= 15 is 0 Å². The Balaban J connectivity index is 2.33. The molecule has 2 aromatic rings. The fourth-order valence-electron chi connectivity index (χ4n) is 1.38. The average Bonchev–Trinajstić information content (AvgIpc) is 2.87. The molecule has 2 N–H and O–H groups in total. The number of rotatable bonds is 3. The Morgan fingerprint density at radius 1 is 1.05 bits per heavy atom. The van der Waals surface area contributed by atoms with Crippen LogP contribution in [-0.4, -0.2) is 16.3 Å². The van der Waals surface area contributed by atoms with Crippen molar-refractivity contribution < 1.29 is 26.5 Å². The molecule has 0 fully saturated rings. The van der Waals surface area contributed by atoms with E-state index in [0.29, 0.717) is 0 Å². The van der Waals surface area contributed by atoms with Crippen LogP contribution >= 0.6 is 0 Å². The Bertz CT molecular complexity index is 591. The highest BCUT2D eigenvalue weighted by atomic mass is 19.4. The number of halogens is 5. The molecule has 0 atom stereocenters. The number of nitrogens with two attached hydrogens (primary N) is 1. The van der Waals surface area contributed by atoms with Gasteiger partial charge in [0.05, 0.1) is 0 Å². The highest BCUT2D eigenvalue weighted by molar-refractivity contribution is 5.54. The summed E-state index contributed by atoms with van der Waals surface area (Å²) in [5.41, 5.74) is 6.38. The van der Waals surface area contributed by atoms with Crippen molar-refractivity contribution in [1.29, 1.82) is 0 Å². The molecule has 0 spiro atoms.